The molecule has 2 heterocycles. The van der Waals surface area contributed by atoms with Crippen LogP contribution in [0.4, 0.5) is 10.6 Å². The molecule has 26 heavy (non-hydrogen) atoms. The molecule has 0 saturated carbocycles. The SMILES string of the molecule is COCCOC(=O)N[C@@H]1CCN(c2cncc(-c3ccccc3O)n2)C1.[HH].[HH]. The van der Waals surface area contributed by atoms with E-state index in [-0.39, 0.29) is 21.3 Å². The number of phenolic OH excluding ortho intramolecular Hbond substituents is 1. The lowest BCUT2D eigenvalue weighted by Crippen LogP contribution is -2.38. The monoisotopic (exact) mass is 362 g/mol. The van der Waals surface area contributed by atoms with Gasteiger partial charge < -0.3 is 24.8 Å². The molecule has 142 valence electrons. The molecule has 1 aromatic carbocycles. The van der Waals surface area contributed by atoms with E-state index in [0.29, 0.717) is 30.2 Å². The van der Waals surface area contributed by atoms with E-state index >= 15 is 0 Å². The number of methoxy groups -OCH3 is 1. The number of nitrogens with zero attached hydrogens (tertiary/aromatic N) is 3. The first-order valence-corrected chi connectivity index (χ1v) is 8.45. The number of para-hydroxylation sites is 1. The zero-order valence-electron chi connectivity index (χ0n) is 14.6. The molecular weight excluding hydrogens is 336 g/mol. The van der Waals surface area contributed by atoms with Crippen LogP contribution in [0.25, 0.3) is 11.3 Å². The molecule has 0 radical (unpaired) electrons. The second kappa shape index (κ2) is 8.48. The van der Waals surface area contributed by atoms with Gasteiger partial charge in [0.05, 0.1) is 30.7 Å². The number of hydrogen-bond donors (Lipinski definition) is 2. The number of anilines is 1. The highest BCUT2D eigenvalue weighted by Crippen LogP contribution is 2.28. The predicted octanol–water partition coefficient (Wildman–Crippen LogP) is 2.29. The van der Waals surface area contributed by atoms with Crippen LogP contribution in [0.15, 0.2) is 36.7 Å². The van der Waals surface area contributed by atoms with Crippen LogP contribution in [0.1, 0.15) is 9.27 Å². The number of amides is 1. The Morgan fingerprint density at radius 2 is 2.23 bits per heavy atom. The van der Waals surface area contributed by atoms with Crippen molar-refractivity contribution in [1.82, 2.24) is 15.3 Å². The molecule has 0 aliphatic carbocycles. The summed E-state index contributed by atoms with van der Waals surface area (Å²) in [6, 6.07) is 7.01. The quantitative estimate of drug-likeness (QED) is 0.761. The number of carbonyl (C=O) groups is 1. The van der Waals surface area contributed by atoms with Crippen molar-refractivity contribution in [3.8, 4) is 17.0 Å². The van der Waals surface area contributed by atoms with Gasteiger partial charge >= 0.3 is 6.09 Å². The summed E-state index contributed by atoms with van der Waals surface area (Å²) in [6.45, 7) is 1.98. The molecule has 0 bridgehead atoms. The van der Waals surface area contributed by atoms with Crippen LogP contribution in [-0.2, 0) is 9.47 Å². The molecule has 1 saturated heterocycles. The highest BCUT2D eigenvalue weighted by atomic mass is 16.6. The van der Waals surface area contributed by atoms with Crippen molar-refractivity contribution < 1.29 is 22.2 Å². The van der Waals surface area contributed by atoms with Crippen LogP contribution in [0.5, 0.6) is 5.75 Å². The second-order valence-electron chi connectivity index (χ2n) is 5.98. The number of aromatic nitrogens is 2. The number of aromatic hydroxyl groups is 1. The third-order valence-electron chi connectivity index (χ3n) is 4.16. The molecule has 0 unspecified atom stereocenters. The molecule has 1 aromatic heterocycles. The first-order valence-electron chi connectivity index (χ1n) is 8.45. The standard InChI is InChI=1S/C18H22N4O4.2H2/c1-25-8-9-26-18(24)20-13-6-7-22(12-13)17-11-19-10-15(21-17)14-4-2-3-5-16(14)23;;/h2-5,10-11,13,23H,6-9,12H2,1H3,(H,20,24);2*1H/t13-;;/m1../s1. The maximum Gasteiger partial charge on any atom is 0.407 e. The average molecular weight is 362 g/mol. The molecule has 2 aromatic rings. The van der Waals surface area contributed by atoms with Gasteiger partial charge in [-0.15, -0.1) is 0 Å². The number of phenols is 1. The lowest BCUT2D eigenvalue weighted by Gasteiger charge is -2.18. The van der Waals surface area contributed by atoms with Gasteiger partial charge in [0, 0.05) is 28.6 Å². The van der Waals surface area contributed by atoms with E-state index in [1.54, 1.807) is 37.7 Å². The molecule has 3 rings (SSSR count). The molecule has 1 fully saturated rings. The summed E-state index contributed by atoms with van der Waals surface area (Å²) in [4.78, 5) is 22.6. The van der Waals surface area contributed by atoms with Crippen LogP contribution < -0.4 is 10.2 Å². The minimum Gasteiger partial charge on any atom is -0.507 e. The number of benzene rings is 1. The maximum absolute atomic E-state index is 11.7. The van der Waals surface area contributed by atoms with E-state index in [9.17, 15) is 9.90 Å². The van der Waals surface area contributed by atoms with Crippen molar-refractivity contribution in [2.24, 2.45) is 0 Å². The topological polar surface area (TPSA) is 96.8 Å². The summed E-state index contributed by atoms with van der Waals surface area (Å²) in [7, 11) is 1.56. The zero-order valence-corrected chi connectivity index (χ0v) is 14.6. The van der Waals surface area contributed by atoms with E-state index in [1.807, 2.05) is 6.07 Å². The third kappa shape index (κ3) is 4.40. The number of carbonyl (C=O) groups excluding carboxylic acids is 1. The Kier molecular flexibility index (Phi) is 5.85. The Labute approximate surface area is 154 Å². The van der Waals surface area contributed by atoms with Gasteiger partial charge in [-0.2, -0.15) is 0 Å². The average Bonchev–Trinajstić information content (AvgIpc) is 3.11. The normalized spacial score (nSPS) is 16.5. The van der Waals surface area contributed by atoms with Gasteiger partial charge in [0.15, 0.2) is 0 Å². The Hall–Kier alpha value is -2.87. The van der Waals surface area contributed by atoms with Crippen LogP contribution in [-0.4, -0.2) is 60.6 Å². The highest BCUT2D eigenvalue weighted by Gasteiger charge is 2.25. The first kappa shape index (κ1) is 17.9. The fourth-order valence-electron chi connectivity index (χ4n) is 2.84. The Balaban J connectivity index is 0.00000196. The number of hydrogen-bond acceptors (Lipinski definition) is 7. The largest absolute Gasteiger partial charge is 0.507 e. The van der Waals surface area contributed by atoms with Crippen LogP contribution in [0, 0.1) is 0 Å². The molecule has 8 heteroatoms. The molecule has 1 atom stereocenters. The minimum absolute atomic E-state index is 0. The van der Waals surface area contributed by atoms with Crippen LogP contribution >= 0.6 is 0 Å². The van der Waals surface area contributed by atoms with Crippen LogP contribution in [0.2, 0.25) is 0 Å². The van der Waals surface area contributed by atoms with Crippen molar-refractivity contribution in [3.05, 3.63) is 36.7 Å². The van der Waals surface area contributed by atoms with Gasteiger partial charge in [0.1, 0.15) is 18.2 Å². The highest BCUT2D eigenvalue weighted by molar-refractivity contribution is 5.68. The summed E-state index contributed by atoms with van der Waals surface area (Å²) >= 11 is 0. The van der Waals surface area contributed by atoms with Crippen molar-refractivity contribution in [2.45, 2.75) is 12.5 Å². The maximum atomic E-state index is 11.7. The predicted molar refractivity (Wildman–Crippen MR) is 100 cm³/mol. The fourth-order valence-corrected chi connectivity index (χ4v) is 2.84. The van der Waals surface area contributed by atoms with Gasteiger partial charge in [-0.1, -0.05) is 12.1 Å². The van der Waals surface area contributed by atoms with Crippen molar-refractivity contribution in [1.29, 1.82) is 0 Å². The summed E-state index contributed by atoms with van der Waals surface area (Å²) in [5.74, 6) is 0.876. The van der Waals surface area contributed by atoms with Gasteiger partial charge in [0.2, 0.25) is 0 Å². The third-order valence-corrected chi connectivity index (χ3v) is 4.16. The summed E-state index contributed by atoms with van der Waals surface area (Å²) in [5.41, 5.74) is 1.24. The Morgan fingerprint density at radius 1 is 1.38 bits per heavy atom. The van der Waals surface area contributed by atoms with Crippen molar-refractivity contribution in [2.75, 3.05) is 38.3 Å². The van der Waals surface area contributed by atoms with Crippen molar-refractivity contribution >= 4 is 11.9 Å². The minimum atomic E-state index is -0.442. The van der Waals surface area contributed by atoms with Gasteiger partial charge in [-0.3, -0.25) is 4.98 Å². The van der Waals surface area contributed by atoms with E-state index in [2.05, 4.69) is 20.2 Å². The molecule has 2 N–H and O–H groups in total. The lowest BCUT2D eigenvalue weighted by atomic mass is 10.1. The number of nitrogens with one attached hydrogen (secondary N) is 1. The van der Waals surface area contributed by atoms with E-state index in [0.717, 1.165) is 13.0 Å². The molecule has 1 aliphatic rings. The Morgan fingerprint density at radius 3 is 3.04 bits per heavy atom. The molecular formula is C18H26N4O4. The summed E-state index contributed by atoms with van der Waals surface area (Å²) in [5, 5.41) is 12.8. The van der Waals surface area contributed by atoms with E-state index in [1.165, 1.54) is 0 Å². The van der Waals surface area contributed by atoms with E-state index in [4.69, 9.17) is 9.47 Å². The van der Waals surface area contributed by atoms with Gasteiger partial charge in [0.25, 0.3) is 0 Å². The van der Waals surface area contributed by atoms with Crippen molar-refractivity contribution in [3.63, 3.8) is 0 Å². The number of ether oxygens (including phenoxy) is 2. The molecule has 1 amide bonds. The summed E-state index contributed by atoms with van der Waals surface area (Å²) in [6.07, 6.45) is 3.66. The fraction of sp³-hybridized carbons (Fsp3) is 0.389. The molecule has 0 spiro atoms. The second-order valence-corrected chi connectivity index (χ2v) is 5.98. The Bertz CT molecular complexity index is 766. The number of rotatable bonds is 6. The zero-order chi connectivity index (χ0) is 18.4. The number of alkyl carbamates (subject to hydrolysis) is 1. The molecule has 8 nitrogen and oxygen atoms in total. The first-order chi connectivity index (χ1) is 12.7. The van der Waals surface area contributed by atoms with Gasteiger partial charge in [-0.25, -0.2) is 9.78 Å². The van der Waals surface area contributed by atoms with Gasteiger partial charge in [-0.05, 0) is 18.6 Å². The summed E-state index contributed by atoms with van der Waals surface area (Å²) < 4.78 is 9.87. The van der Waals surface area contributed by atoms with Crippen LogP contribution in [0.3, 0.4) is 0 Å². The van der Waals surface area contributed by atoms with E-state index < -0.39 is 6.09 Å². The smallest absolute Gasteiger partial charge is 0.407 e. The molecule has 1 aliphatic heterocycles. The lowest BCUT2D eigenvalue weighted by molar-refractivity contribution is 0.0969.